The van der Waals surface area contributed by atoms with Gasteiger partial charge in [-0.15, -0.1) is 35.3 Å². The van der Waals surface area contributed by atoms with Gasteiger partial charge >= 0.3 is 0 Å². The van der Waals surface area contributed by atoms with Crippen LogP contribution in [0, 0.1) is 6.92 Å². The molecule has 0 aliphatic heterocycles. The van der Waals surface area contributed by atoms with Crippen molar-refractivity contribution in [1.82, 2.24) is 15.6 Å². The van der Waals surface area contributed by atoms with E-state index in [1.165, 1.54) is 10.6 Å². The summed E-state index contributed by atoms with van der Waals surface area (Å²) in [6.07, 6.45) is 2.75. The first kappa shape index (κ1) is 26.6. The van der Waals surface area contributed by atoms with Crippen LogP contribution in [0.4, 0.5) is 0 Å². The lowest BCUT2D eigenvalue weighted by molar-refractivity contribution is 0.172. The summed E-state index contributed by atoms with van der Waals surface area (Å²) in [6.45, 7) is 9.80. The van der Waals surface area contributed by atoms with Crippen LogP contribution in [-0.2, 0) is 24.1 Å². The van der Waals surface area contributed by atoms with Gasteiger partial charge in [0.25, 0.3) is 0 Å². The number of aromatic nitrogens is 1. The molecular weight excluding hydrogens is 511 g/mol. The van der Waals surface area contributed by atoms with E-state index >= 15 is 0 Å². The zero-order valence-electron chi connectivity index (χ0n) is 18.5. The largest absolute Gasteiger partial charge is 0.493 e. The molecule has 1 aromatic carbocycles. The number of hydrogen-bond donors (Lipinski definition) is 2. The Labute approximate surface area is 201 Å². The molecule has 0 spiro atoms. The van der Waals surface area contributed by atoms with Crippen molar-refractivity contribution >= 4 is 41.3 Å². The van der Waals surface area contributed by atoms with Crippen LogP contribution >= 0.6 is 35.3 Å². The molecule has 2 aromatic rings. The van der Waals surface area contributed by atoms with E-state index in [9.17, 15) is 0 Å². The van der Waals surface area contributed by atoms with Gasteiger partial charge in [0.05, 0.1) is 23.9 Å². The summed E-state index contributed by atoms with van der Waals surface area (Å²) >= 11 is 1.73. The number of aryl methyl sites for hydroxylation is 2. The second-order valence-corrected chi connectivity index (χ2v) is 7.71. The molecule has 0 saturated carbocycles. The van der Waals surface area contributed by atoms with Gasteiger partial charge in [0.15, 0.2) is 5.96 Å². The molecule has 0 aliphatic carbocycles. The van der Waals surface area contributed by atoms with E-state index < -0.39 is 0 Å². The highest BCUT2D eigenvalue weighted by molar-refractivity contribution is 14.0. The molecule has 2 rings (SSSR count). The van der Waals surface area contributed by atoms with Crippen molar-refractivity contribution < 1.29 is 9.47 Å². The second kappa shape index (κ2) is 15.4. The number of hydrogen-bond acceptors (Lipinski definition) is 5. The van der Waals surface area contributed by atoms with Crippen molar-refractivity contribution in [2.45, 2.75) is 46.6 Å². The molecule has 0 unspecified atom stereocenters. The Morgan fingerprint density at radius 2 is 2.03 bits per heavy atom. The van der Waals surface area contributed by atoms with E-state index in [0.717, 1.165) is 55.3 Å². The Hall–Kier alpha value is -1.39. The summed E-state index contributed by atoms with van der Waals surface area (Å²) in [5, 5.41) is 10.0. The average molecular weight is 547 g/mol. The molecule has 0 amide bonds. The van der Waals surface area contributed by atoms with Gasteiger partial charge in [0.2, 0.25) is 0 Å². The van der Waals surface area contributed by atoms with Crippen LogP contribution < -0.4 is 15.4 Å². The molecule has 1 heterocycles. The van der Waals surface area contributed by atoms with Crippen molar-refractivity contribution in [1.29, 1.82) is 0 Å². The van der Waals surface area contributed by atoms with Gasteiger partial charge in [-0.05, 0) is 31.9 Å². The number of halogens is 1. The van der Waals surface area contributed by atoms with Crippen LogP contribution in [-0.4, -0.2) is 44.4 Å². The summed E-state index contributed by atoms with van der Waals surface area (Å²) in [5.41, 5.74) is 3.40. The number of thiazole rings is 1. The Morgan fingerprint density at radius 3 is 2.73 bits per heavy atom. The third kappa shape index (κ3) is 9.61. The van der Waals surface area contributed by atoms with Crippen LogP contribution in [0.25, 0.3) is 0 Å². The molecule has 8 heteroatoms. The lowest BCUT2D eigenvalue weighted by Gasteiger charge is -2.13. The second-order valence-electron chi connectivity index (χ2n) is 6.76. The van der Waals surface area contributed by atoms with E-state index in [4.69, 9.17) is 14.5 Å². The fraction of sp³-hybridized carbons (Fsp3) is 0.545. The molecule has 0 saturated heterocycles. The minimum Gasteiger partial charge on any atom is -0.493 e. The maximum atomic E-state index is 5.97. The first-order chi connectivity index (χ1) is 14.2. The Kier molecular flexibility index (Phi) is 13.7. The van der Waals surface area contributed by atoms with Crippen molar-refractivity contribution in [2.24, 2.45) is 4.99 Å². The van der Waals surface area contributed by atoms with Crippen LogP contribution in [0.5, 0.6) is 5.75 Å². The molecule has 30 heavy (non-hydrogen) atoms. The zero-order chi connectivity index (χ0) is 20.9. The molecule has 0 bridgehead atoms. The van der Waals surface area contributed by atoms with Gasteiger partial charge < -0.3 is 20.1 Å². The van der Waals surface area contributed by atoms with Crippen molar-refractivity contribution in [3.8, 4) is 5.75 Å². The van der Waals surface area contributed by atoms with Crippen molar-refractivity contribution in [3.05, 3.63) is 45.4 Å². The Bertz CT molecular complexity index is 767. The summed E-state index contributed by atoms with van der Waals surface area (Å²) < 4.78 is 11.1. The number of methoxy groups -OCH3 is 1. The van der Waals surface area contributed by atoms with E-state index in [2.05, 4.69) is 60.0 Å². The summed E-state index contributed by atoms with van der Waals surface area (Å²) in [5.74, 6) is 1.71. The highest BCUT2D eigenvalue weighted by Crippen LogP contribution is 2.21. The van der Waals surface area contributed by atoms with Gasteiger partial charge in [-0.1, -0.05) is 19.1 Å². The Morgan fingerprint density at radius 1 is 1.20 bits per heavy atom. The first-order valence-electron chi connectivity index (χ1n) is 10.3. The lowest BCUT2D eigenvalue weighted by atomic mass is 10.1. The maximum Gasteiger partial charge on any atom is 0.191 e. The fourth-order valence-corrected chi connectivity index (χ4v) is 3.53. The summed E-state index contributed by atoms with van der Waals surface area (Å²) in [7, 11) is 1.71. The number of guanidine groups is 1. The molecule has 2 N–H and O–H groups in total. The van der Waals surface area contributed by atoms with Gasteiger partial charge in [0, 0.05) is 50.6 Å². The number of ether oxygens (including phenoxy) is 2. The number of nitrogens with zero attached hydrogens (tertiary/aromatic N) is 2. The van der Waals surface area contributed by atoms with E-state index in [-0.39, 0.29) is 24.0 Å². The first-order valence-corrected chi connectivity index (χ1v) is 11.2. The number of nitrogens with one attached hydrogen (secondary N) is 2. The zero-order valence-corrected chi connectivity index (χ0v) is 21.6. The number of aliphatic imine (C=N–C) groups is 1. The van der Waals surface area contributed by atoms with Gasteiger partial charge in [0.1, 0.15) is 5.75 Å². The quantitative estimate of drug-likeness (QED) is 0.180. The Balaban J connectivity index is 0.00000450. The SMILES string of the molecule is CCNC(=NCc1ccc(C)cc1OCCCOC)NCCc1csc(CC)n1.I. The van der Waals surface area contributed by atoms with Crippen molar-refractivity contribution in [2.75, 3.05) is 33.4 Å². The normalized spacial score (nSPS) is 11.1. The molecular formula is C22H35IN4O2S. The monoisotopic (exact) mass is 546 g/mol. The van der Waals surface area contributed by atoms with Gasteiger partial charge in [-0.2, -0.15) is 0 Å². The van der Waals surface area contributed by atoms with E-state index in [1.54, 1.807) is 18.4 Å². The summed E-state index contributed by atoms with van der Waals surface area (Å²) in [4.78, 5) is 9.36. The standard InChI is InChI=1S/C22H34N4O2S.HI/c1-5-21-26-19(16-29-21)10-11-24-22(23-6-2)25-15-18-9-8-17(3)14-20(18)28-13-7-12-27-4;/h8-9,14,16H,5-7,10-13,15H2,1-4H3,(H2,23,24,25);1H. The lowest BCUT2D eigenvalue weighted by Crippen LogP contribution is -2.38. The predicted molar refractivity (Wildman–Crippen MR) is 137 cm³/mol. The van der Waals surface area contributed by atoms with E-state index in [0.29, 0.717) is 19.8 Å². The maximum absolute atomic E-state index is 5.97. The molecule has 0 radical (unpaired) electrons. The van der Waals surface area contributed by atoms with Crippen LogP contribution in [0.15, 0.2) is 28.6 Å². The fourth-order valence-electron chi connectivity index (χ4n) is 2.75. The minimum absolute atomic E-state index is 0. The molecule has 1 aromatic heterocycles. The third-order valence-electron chi connectivity index (χ3n) is 4.30. The molecule has 168 valence electrons. The van der Waals surface area contributed by atoms with Crippen LogP contribution in [0.2, 0.25) is 0 Å². The van der Waals surface area contributed by atoms with Gasteiger partial charge in [-0.3, -0.25) is 0 Å². The minimum atomic E-state index is 0. The van der Waals surface area contributed by atoms with Crippen molar-refractivity contribution in [3.63, 3.8) is 0 Å². The van der Waals surface area contributed by atoms with Gasteiger partial charge in [-0.25, -0.2) is 9.98 Å². The molecule has 0 atom stereocenters. The smallest absolute Gasteiger partial charge is 0.191 e. The third-order valence-corrected chi connectivity index (χ3v) is 5.34. The molecule has 6 nitrogen and oxygen atoms in total. The average Bonchev–Trinajstić information content (AvgIpc) is 3.18. The van der Waals surface area contributed by atoms with E-state index in [1.807, 2.05) is 0 Å². The van der Waals surface area contributed by atoms with Crippen LogP contribution in [0.1, 0.15) is 42.1 Å². The number of benzene rings is 1. The topological polar surface area (TPSA) is 67.8 Å². The molecule has 0 fully saturated rings. The predicted octanol–water partition coefficient (Wildman–Crippen LogP) is 4.35. The number of rotatable bonds is 12. The summed E-state index contributed by atoms with van der Waals surface area (Å²) in [6, 6.07) is 6.27. The van der Waals surface area contributed by atoms with Crippen LogP contribution in [0.3, 0.4) is 0 Å². The highest BCUT2D eigenvalue weighted by Gasteiger charge is 2.06. The highest BCUT2D eigenvalue weighted by atomic mass is 127. The molecule has 0 aliphatic rings.